The summed E-state index contributed by atoms with van der Waals surface area (Å²) in [7, 11) is 0. The molecule has 1 aromatic heterocycles. The maximum Gasteiger partial charge on any atom is 0.234 e. The van der Waals surface area contributed by atoms with Gasteiger partial charge in [-0.1, -0.05) is 42.4 Å². The van der Waals surface area contributed by atoms with Crippen molar-refractivity contribution in [3.63, 3.8) is 0 Å². The summed E-state index contributed by atoms with van der Waals surface area (Å²) in [5, 5.41) is 14.8. The Morgan fingerprint density at radius 1 is 1.16 bits per heavy atom. The summed E-state index contributed by atoms with van der Waals surface area (Å²) in [6.07, 6.45) is 6.06. The highest BCUT2D eigenvalue weighted by Crippen LogP contribution is 2.28. The van der Waals surface area contributed by atoms with Crippen molar-refractivity contribution in [3.05, 3.63) is 29.8 Å². The third-order valence-corrected chi connectivity index (χ3v) is 5.80. The van der Waals surface area contributed by atoms with Crippen LogP contribution in [-0.2, 0) is 4.79 Å². The SMILES string of the molecule is O=C(CSc1nnc(NC2CCCCC2)s1)Nc1cc(F)cc(F)c1. The Balaban J connectivity index is 1.47. The fraction of sp³-hybridized carbons (Fsp3) is 0.438. The van der Waals surface area contributed by atoms with Crippen molar-refractivity contribution in [1.82, 2.24) is 10.2 Å². The number of hydrogen-bond acceptors (Lipinski definition) is 6. The van der Waals surface area contributed by atoms with Gasteiger partial charge in [0.25, 0.3) is 0 Å². The first-order valence-corrected chi connectivity index (χ1v) is 9.87. The van der Waals surface area contributed by atoms with Crippen molar-refractivity contribution in [1.29, 1.82) is 0 Å². The zero-order chi connectivity index (χ0) is 17.6. The molecule has 25 heavy (non-hydrogen) atoms. The lowest BCUT2D eigenvalue weighted by Crippen LogP contribution is -2.21. The Labute approximate surface area is 152 Å². The van der Waals surface area contributed by atoms with Crippen molar-refractivity contribution >= 4 is 39.8 Å². The van der Waals surface area contributed by atoms with Crippen molar-refractivity contribution < 1.29 is 13.6 Å². The predicted octanol–water partition coefficient (Wildman–Crippen LogP) is 4.29. The molecule has 0 saturated heterocycles. The van der Waals surface area contributed by atoms with Gasteiger partial charge in [-0.05, 0) is 25.0 Å². The standard InChI is InChI=1S/C16H18F2N4OS2/c17-10-6-11(18)8-13(7-10)19-14(23)9-24-16-22-21-15(25-16)20-12-4-2-1-3-5-12/h6-8,12H,1-5,9H2,(H,19,23)(H,20,21). The smallest absolute Gasteiger partial charge is 0.234 e. The highest BCUT2D eigenvalue weighted by molar-refractivity contribution is 8.01. The Kier molecular flexibility index (Phi) is 6.19. The van der Waals surface area contributed by atoms with Crippen LogP contribution in [0.15, 0.2) is 22.5 Å². The van der Waals surface area contributed by atoms with E-state index in [2.05, 4.69) is 20.8 Å². The minimum atomic E-state index is -0.731. The summed E-state index contributed by atoms with van der Waals surface area (Å²) in [4.78, 5) is 11.9. The number of benzene rings is 1. The van der Waals surface area contributed by atoms with E-state index in [4.69, 9.17) is 0 Å². The second-order valence-electron chi connectivity index (χ2n) is 5.85. The molecule has 0 bridgehead atoms. The zero-order valence-corrected chi connectivity index (χ0v) is 15.1. The van der Waals surface area contributed by atoms with Crippen LogP contribution < -0.4 is 10.6 Å². The first-order valence-electron chi connectivity index (χ1n) is 8.07. The Morgan fingerprint density at radius 3 is 2.60 bits per heavy atom. The fourth-order valence-corrected chi connectivity index (χ4v) is 4.33. The van der Waals surface area contributed by atoms with E-state index in [1.165, 1.54) is 42.4 Å². The van der Waals surface area contributed by atoms with Crippen LogP contribution in [0.5, 0.6) is 0 Å². The Bertz CT molecular complexity index is 714. The highest BCUT2D eigenvalue weighted by Gasteiger charge is 2.15. The number of aromatic nitrogens is 2. The summed E-state index contributed by atoms with van der Waals surface area (Å²) in [5.41, 5.74) is 0.0972. The molecule has 5 nitrogen and oxygen atoms in total. The topological polar surface area (TPSA) is 66.9 Å². The van der Waals surface area contributed by atoms with Crippen molar-refractivity contribution in [2.45, 2.75) is 42.5 Å². The second-order valence-corrected chi connectivity index (χ2v) is 8.05. The predicted molar refractivity (Wildman–Crippen MR) is 96.1 cm³/mol. The fourth-order valence-electron chi connectivity index (χ4n) is 2.70. The van der Waals surface area contributed by atoms with E-state index in [9.17, 15) is 13.6 Å². The third-order valence-electron chi connectivity index (χ3n) is 3.81. The van der Waals surface area contributed by atoms with Gasteiger partial charge in [-0.3, -0.25) is 4.79 Å². The largest absolute Gasteiger partial charge is 0.357 e. The molecule has 0 spiro atoms. The van der Waals surface area contributed by atoms with Gasteiger partial charge in [0.2, 0.25) is 11.0 Å². The van der Waals surface area contributed by atoms with Crippen LogP contribution in [0.2, 0.25) is 0 Å². The molecule has 1 heterocycles. The number of hydrogen-bond donors (Lipinski definition) is 2. The molecule has 9 heteroatoms. The van der Waals surface area contributed by atoms with Crippen molar-refractivity contribution in [2.24, 2.45) is 0 Å². The Hall–Kier alpha value is -1.74. The molecule has 0 aliphatic heterocycles. The van der Waals surface area contributed by atoms with E-state index < -0.39 is 11.6 Å². The number of carbonyl (C=O) groups is 1. The number of carbonyl (C=O) groups excluding carboxylic acids is 1. The van der Waals surface area contributed by atoms with E-state index in [0.29, 0.717) is 10.4 Å². The van der Waals surface area contributed by atoms with E-state index >= 15 is 0 Å². The summed E-state index contributed by atoms with van der Waals surface area (Å²) in [6, 6.07) is 3.35. The Morgan fingerprint density at radius 2 is 1.88 bits per heavy atom. The minimum absolute atomic E-state index is 0.0934. The lowest BCUT2D eigenvalue weighted by Gasteiger charge is -2.21. The third kappa shape index (κ3) is 5.64. The molecule has 1 amide bonds. The van der Waals surface area contributed by atoms with Crippen LogP contribution in [0, 0.1) is 11.6 Å². The normalized spacial score (nSPS) is 15.1. The summed E-state index contributed by atoms with van der Waals surface area (Å²) in [5.74, 6) is -1.72. The highest BCUT2D eigenvalue weighted by atomic mass is 32.2. The van der Waals surface area contributed by atoms with Crippen LogP contribution in [0.4, 0.5) is 19.6 Å². The van der Waals surface area contributed by atoms with Crippen LogP contribution in [0.3, 0.4) is 0 Å². The van der Waals surface area contributed by atoms with Gasteiger partial charge in [0.15, 0.2) is 4.34 Å². The number of nitrogens with zero attached hydrogens (tertiary/aromatic N) is 2. The summed E-state index contributed by atoms with van der Waals surface area (Å²) < 4.78 is 26.9. The lowest BCUT2D eigenvalue weighted by molar-refractivity contribution is -0.113. The lowest BCUT2D eigenvalue weighted by atomic mass is 9.96. The van der Waals surface area contributed by atoms with Gasteiger partial charge in [0, 0.05) is 17.8 Å². The molecular weight excluding hydrogens is 366 g/mol. The molecule has 1 saturated carbocycles. The van der Waals surface area contributed by atoms with Gasteiger partial charge in [0.05, 0.1) is 5.75 Å². The molecule has 1 aliphatic rings. The number of halogens is 2. The molecule has 1 aromatic carbocycles. The number of nitrogens with one attached hydrogen (secondary N) is 2. The first kappa shape index (κ1) is 18.1. The first-order chi connectivity index (χ1) is 12.1. The molecule has 134 valence electrons. The van der Waals surface area contributed by atoms with Crippen LogP contribution in [0.25, 0.3) is 0 Å². The maximum absolute atomic E-state index is 13.1. The van der Waals surface area contributed by atoms with Crippen LogP contribution in [0.1, 0.15) is 32.1 Å². The quantitative estimate of drug-likeness (QED) is 0.727. The molecule has 1 aliphatic carbocycles. The van der Waals surface area contributed by atoms with Crippen molar-refractivity contribution in [3.8, 4) is 0 Å². The van der Waals surface area contributed by atoms with Gasteiger partial charge in [-0.15, -0.1) is 10.2 Å². The monoisotopic (exact) mass is 384 g/mol. The maximum atomic E-state index is 13.1. The summed E-state index contributed by atoms with van der Waals surface area (Å²) >= 11 is 2.65. The minimum Gasteiger partial charge on any atom is -0.357 e. The molecular formula is C16H18F2N4OS2. The number of thioether (sulfide) groups is 1. The van der Waals surface area contributed by atoms with E-state index in [1.807, 2.05) is 0 Å². The molecule has 0 radical (unpaired) electrons. The number of anilines is 2. The van der Waals surface area contributed by atoms with Gasteiger partial charge in [-0.2, -0.15) is 0 Å². The van der Waals surface area contributed by atoms with Gasteiger partial charge < -0.3 is 10.6 Å². The van der Waals surface area contributed by atoms with Gasteiger partial charge in [-0.25, -0.2) is 8.78 Å². The zero-order valence-electron chi connectivity index (χ0n) is 13.4. The number of rotatable bonds is 6. The van der Waals surface area contributed by atoms with E-state index in [-0.39, 0.29) is 17.3 Å². The molecule has 2 aromatic rings. The van der Waals surface area contributed by atoms with Crippen LogP contribution >= 0.6 is 23.1 Å². The molecule has 0 unspecified atom stereocenters. The van der Waals surface area contributed by atoms with E-state index in [0.717, 1.165) is 36.2 Å². The van der Waals surface area contributed by atoms with Gasteiger partial charge >= 0.3 is 0 Å². The second kappa shape index (κ2) is 8.57. The molecule has 2 N–H and O–H groups in total. The van der Waals surface area contributed by atoms with Gasteiger partial charge in [0.1, 0.15) is 11.6 Å². The number of amides is 1. The molecule has 0 atom stereocenters. The summed E-state index contributed by atoms with van der Waals surface area (Å²) in [6.45, 7) is 0. The van der Waals surface area contributed by atoms with E-state index in [1.54, 1.807) is 0 Å². The average molecular weight is 384 g/mol. The molecule has 1 fully saturated rings. The molecule has 3 rings (SSSR count). The van der Waals surface area contributed by atoms with Crippen LogP contribution in [-0.4, -0.2) is 27.9 Å². The van der Waals surface area contributed by atoms with Crippen molar-refractivity contribution in [2.75, 3.05) is 16.4 Å². The average Bonchev–Trinajstić information content (AvgIpc) is 3.00.